The predicted molar refractivity (Wildman–Crippen MR) is 125 cm³/mol. The van der Waals surface area contributed by atoms with E-state index in [0.717, 1.165) is 42.7 Å². The van der Waals surface area contributed by atoms with Crippen molar-refractivity contribution in [3.63, 3.8) is 0 Å². The molecule has 0 aliphatic carbocycles. The number of rotatable bonds is 12. The Morgan fingerprint density at radius 3 is 2.72 bits per heavy atom. The SMILES string of the molecule is CCNC(=NCC(C)Oc1cccc(OC)c1)NCCCOCc1ccco1.I. The summed E-state index contributed by atoms with van der Waals surface area (Å²) in [5.41, 5.74) is 0. The fourth-order valence-corrected chi connectivity index (χ4v) is 2.45. The number of benzene rings is 1. The molecular formula is C21H32IN3O4. The molecule has 1 heterocycles. The van der Waals surface area contributed by atoms with Crippen LogP contribution >= 0.6 is 24.0 Å². The Morgan fingerprint density at radius 2 is 2.00 bits per heavy atom. The van der Waals surface area contributed by atoms with E-state index in [2.05, 4.69) is 15.6 Å². The minimum atomic E-state index is -0.0563. The highest BCUT2D eigenvalue weighted by Gasteiger charge is 2.06. The summed E-state index contributed by atoms with van der Waals surface area (Å²) >= 11 is 0. The number of hydrogen-bond donors (Lipinski definition) is 2. The van der Waals surface area contributed by atoms with Gasteiger partial charge < -0.3 is 29.3 Å². The second kappa shape index (κ2) is 15.0. The van der Waals surface area contributed by atoms with Gasteiger partial charge in [-0.3, -0.25) is 0 Å². The van der Waals surface area contributed by atoms with Gasteiger partial charge in [0.05, 0.1) is 19.9 Å². The summed E-state index contributed by atoms with van der Waals surface area (Å²) in [5.74, 6) is 3.16. The van der Waals surface area contributed by atoms with Crippen molar-refractivity contribution in [1.29, 1.82) is 0 Å². The first-order valence-corrected chi connectivity index (χ1v) is 9.64. The van der Waals surface area contributed by atoms with Crippen LogP contribution in [0, 0.1) is 0 Å². The molecule has 0 saturated heterocycles. The van der Waals surface area contributed by atoms with Crippen LogP contribution in [0.5, 0.6) is 11.5 Å². The van der Waals surface area contributed by atoms with E-state index < -0.39 is 0 Å². The standard InChI is InChI=1S/C21H31N3O4.HI/c1-4-22-21(23-11-7-12-26-16-20-10-6-13-27-20)24-15-17(2)28-19-9-5-8-18(14-19)25-3;/h5-6,8-10,13-14,17H,4,7,11-12,15-16H2,1-3H3,(H2,22,23,24);1H. The Balaban J connectivity index is 0.00000420. The minimum Gasteiger partial charge on any atom is -0.497 e. The fraction of sp³-hybridized carbons (Fsp3) is 0.476. The van der Waals surface area contributed by atoms with E-state index in [1.807, 2.05) is 50.2 Å². The normalized spacial score (nSPS) is 12.0. The number of furan rings is 1. The molecule has 0 aliphatic rings. The van der Waals surface area contributed by atoms with Gasteiger partial charge in [0.2, 0.25) is 0 Å². The molecule has 2 N–H and O–H groups in total. The van der Waals surface area contributed by atoms with Crippen molar-refractivity contribution in [2.24, 2.45) is 4.99 Å². The summed E-state index contributed by atoms with van der Waals surface area (Å²) in [5, 5.41) is 6.55. The number of nitrogens with zero attached hydrogens (tertiary/aromatic N) is 1. The van der Waals surface area contributed by atoms with Crippen LogP contribution in [0.3, 0.4) is 0 Å². The maximum Gasteiger partial charge on any atom is 0.191 e. The van der Waals surface area contributed by atoms with Crippen LogP contribution in [-0.2, 0) is 11.3 Å². The van der Waals surface area contributed by atoms with Crippen LogP contribution in [0.25, 0.3) is 0 Å². The van der Waals surface area contributed by atoms with Gasteiger partial charge in [-0.15, -0.1) is 24.0 Å². The summed E-state index contributed by atoms with van der Waals surface area (Å²) in [7, 11) is 1.64. The lowest BCUT2D eigenvalue weighted by atomic mass is 10.3. The van der Waals surface area contributed by atoms with Gasteiger partial charge in [0.15, 0.2) is 5.96 Å². The molecule has 1 unspecified atom stereocenters. The largest absolute Gasteiger partial charge is 0.497 e. The zero-order valence-electron chi connectivity index (χ0n) is 17.3. The summed E-state index contributed by atoms with van der Waals surface area (Å²) in [6, 6.07) is 11.3. The van der Waals surface area contributed by atoms with E-state index in [-0.39, 0.29) is 30.1 Å². The van der Waals surface area contributed by atoms with Crippen LogP contribution in [0.2, 0.25) is 0 Å². The van der Waals surface area contributed by atoms with Gasteiger partial charge in [0, 0.05) is 25.8 Å². The Bertz CT molecular complexity index is 695. The molecule has 7 nitrogen and oxygen atoms in total. The van der Waals surface area contributed by atoms with E-state index in [4.69, 9.17) is 18.6 Å². The van der Waals surface area contributed by atoms with E-state index in [1.165, 1.54) is 0 Å². The van der Waals surface area contributed by atoms with Crippen molar-refractivity contribution in [3.8, 4) is 11.5 Å². The van der Waals surface area contributed by atoms with Gasteiger partial charge in [-0.05, 0) is 44.5 Å². The van der Waals surface area contributed by atoms with E-state index >= 15 is 0 Å². The third-order valence-electron chi connectivity index (χ3n) is 3.81. The maximum absolute atomic E-state index is 5.91. The van der Waals surface area contributed by atoms with Crippen LogP contribution in [-0.4, -0.2) is 45.4 Å². The molecule has 162 valence electrons. The number of methoxy groups -OCH3 is 1. The average Bonchev–Trinajstić information content (AvgIpc) is 3.22. The van der Waals surface area contributed by atoms with Crippen molar-refractivity contribution in [1.82, 2.24) is 10.6 Å². The highest BCUT2D eigenvalue weighted by molar-refractivity contribution is 14.0. The summed E-state index contributed by atoms with van der Waals surface area (Å²) in [6.45, 7) is 7.31. The summed E-state index contributed by atoms with van der Waals surface area (Å²) in [6.07, 6.45) is 2.47. The Morgan fingerprint density at radius 1 is 1.17 bits per heavy atom. The molecule has 1 aromatic carbocycles. The fourth-order valence-electron chi connectivity index (χ4n) is 2.45. The third kappa shape index (κ3) is 10.4. The van der Waals surface area contributed by atoms with Crippen molar-refractivity contribution in [3.05, 3.63) is 48.4 Å². The molecule has 0 fully saturated rings. The lowest BCUT2D eigenvalue weighted by Gasteiger charge is -2.15. The van der Waals surface area contributed by atoms with Gasteiger partial charge in [-0.25, -0.2) is 4.99 Å². The first-order chi connectivity index (χ1) is 13.7. The van der Waals surface area contributed by atoms with E-state index in [9.17, 15) is 0 Å². The monoisotopic (exact) mass is 517 g/mol. The van der Waals surface area contributed by atoms with E-state index in [0.29, 0.717) is 19.8 Å². The molecule has 1 atom stereocenters. The lowest BCUT2D eigenvalue weighted by Crippen LogP contribution is -2.38. The van der Waals surface area contributed by atoms with Crippen molar-refractivity contribution in [2.45, 2.75) is 33.0 Å². The van der Waals surface area contributed by atoms with Crippen molar-refractivity contribution >= 4 is 29.9 Å². The average molecular weight is 517 g/mol. The molecule has 0 bridgehead atoms. The van der Waals surface area contributed by atoms with Crippen LogP contribution < -0.4 is 20.1 Å². The van der Waals surface area contributed by atoms with Gasteiger partial charge in [-0.2, -0.15) is 0 Å². The maximum atomic E-state index is 5.91. The molecule has 0 radical (unpaired) electrons. The van der Waals surface area contributed by atoms with Gasteiger partial charge in [0.1, 0.15) is 30.0 Å². The Hall–Kier alpha value is -1.94. The highest BCUT2D eigenvalue weighted by atomic mass is 127. The zero-order chi connectivity index (χ0) is 20.0. The molecule has 2 aromatic rings. The molecule has 0 amide bonds. The number of hydrogen-bond acceptors (Lipinski definition) is 5. The molecule has 0 aliphatic heterocycles. The van der Waals surface area contributed by atoms with Crippen LogP contribution in [0.15, 0.2) is 52.1 Å². The van der Waals surface area contributed by atoms with Crippen LogP contribution in [0.1, 0.15) is 26.0 Å². The Kier molecular flexibility index (Phi) is 13.0. The molecule has 0 spiro atoms. The number of halogens is 1. The highest BCUT2D eigenvalue weighted by Crippen LogP contribution is 2.19. The van der Waals surface area contributed by atoms with Crippen molar-refractivity contribution in [2.75, 3.05) is 33.4 Å². The quantitative estimate of drug-likeness (QED) is 0.193. The summed E-state index contributed by atoms with van der Waals surface area (Å²) < 4.78 is 21.9. The second-order valence-corrected chi connectivity index (χ2v) is 6.24. The summed E-state index contributed by atoms with van der Waals surface area (Å²) in [4.78, 5) is 4.59. The van der Waals surface area contributed by atoms with Gasteiger partial charge in [0.25, 0.3) is 0 Å². The third-order valence-corrected chi connectivity index (χ3v) is 3.81. The predicted octanol–water partition coefficient (Wildman–Crippen LogP) is 3.84. The Labute approximate surface area is 190 Å². The first kappa shape index (κ1) is 25.1. The topological polar surface area (TPSA) is 77.3 Å². The number of nitrogens with one attached hydrogen (secondary N) is 2. The lowest BCUT2D eigenvalue weighted by molar-refractivity contribution is 0.105. The molecule has 2 rings (SSSR count). The second-order valence-electron chi connectivity index (χ2n) is 6.24. The number of guanidine groups is 1. The molecule has 8 heteroatoms. The minimum absolute atomic E-state index is 0. The molecule has 1 aromatic heterocycles. The van der Waals surface area contributed by atoms with Gasteiger partial charge >= 0.3 is 0 Å². The van der Waals surface area contributed by atoms with Gasteiger partial charge in [-0.1, -0.05) is 6.07 Å². The van der Waals surface area contributed by atoms with Crippen molar-refractivity contribution < 1.29 is 18.6 Å². The first-order valence-electron chi connectivity index (χ1n) is 9.64. The molecule has 29 heavy (non-hydrogen) atoms. The smallest absolute Gasteiger partial charge is 0.191 e. The molecular weight excluding hydrogens is 485 g/mol. The van der Waals surface area contributed by atoms with Crippen LogP contribution in [0.4, 0.5) is 0 Å². The zero-order valence-corrected chi connectivity index (χ0v) is 19.7. The van der Waals surface area contributed by atoms with E-state index in [1.54, 1.807) is 13.4 Å². The molecule has 0 saturated carbocycles. The number of aliphatic imine (C=N–C) groups is 1. The number of ether oxygens (including phenoxy) is 3.